The molecule has 92 valence electrons. The van der Waals surface area contributed by atoms with Crippen LogP contribution in [0.1, 0.15) is 15.9 Å². The van der Waals surface area contributed by atoms with E-state index in [9.17, 15) is 9.59 Å². The molecule has 1 aromatic carbocycles. The Morgan fingerprint density at radius 1 is 1.28 bits per heavy atom. The molecule has 18 heavy (non-hydrogen) atoms. The molecule has 0 fully saturated rings. The number of hydrogen-bond donors (Lipinski definition) is 1. The number of aromatic carboxylic acids is 1. The first-order chi connectivity index (χ1) is 8.58. The Morgan fingerprint density at radius 3 is 2.72 bits per heavy atom. The summed E-state index contributed by atoms with van der Waals surface area (Å²) in [5.41, 5.74) is 0.276. The van der Waals surface area contributed by atoms with Crippen molar-refractivity contribution in [2.45, 2.75) is 6.54 Å². The molecule has 0 saturated carbocycles. The van der Waals surface area contributed by atoms with Crippen LogP contribution in [0.15, 0.2) is 47.4 Å². The van der Waals surface area contributed by atoms with Crippen LogP contribution in [0.2, 0.25) is 0 Å². The number of carboxylic acids is 1. The molecule has 1 aromatic heterocycles. The summed E-state index contributed by atoms with van der Waals surface area (Å²) in [5.74, 6) is -1.20. The van der Waals surface area contributed by atoms with Crippen molar-refractivity contribution < 1.29 is 9.90 Å². The molecule has 0 amide bonds. The summed E-state index contributed by atoms with van der Waals surface area (Å²) in [7, 11) is 0. The zero-order valence-electron chi connectivity index (χ0n) is 9.34. The number of aromatic nitrogens is 1. The zero-order valence-corrected chi connectivity index (χ0v) is 11.5. The first kappa shape index (κ1) is 12.8. The standard InChI is InChI=1S/C13H10INO3/c14-10-4-1-3-9(7-10)8-15-6-2-5-11(12(15)16)13(17)18/h1-7H,8H2,(H,17,18). The van der Waals surface area contributed by atoms with E-state index in [0.29, 0.717) is 6.54 Å². The molecule has 0 unspecified atom stereocenters. The van der Waals surface area contributed by atoms with Crippen molar-refractivity contribution in [2.75, 3.05) is 0 Å². The summed E-state index contributed by atoms with van der Waals surface area (Å²) in [6.07, 6.45) is 1.59. The summed E-state index contributed by atoms with van der Waals surface area (Å²) in [6.45, 7) is 0.372. The monoisotopic (exact) mass is 355 g/mol. The highest BCUT2D eigenvalue weighted by Crippen LogP contribution is 2.08. The Kier molecular flexibility index (Phi) is 3.81. The quantitative estimate of drug-likeness (QED) is 0.859. The van der Waals surface area contributed by atoms with Gasteiger partial charge in [-0.05, 0) is 52.4 Å². The fourth-order valence-electron chi connectivity index (χ4n) is 1.66. The van der Waals surface area contributed by atoms with Crippen LogP contribution in [0.5, 0.6) is 0 Å². The van der Waals surface area contributed by atoms with Crippen LogP contribution in [0.3, 0.4) is 0 Å². The molecule has 0 spiro atoms. The van der Waals surface area contributed by atoms with Gasteiger partial charge < -0.3 is 9.67 Å². The van der Waals surface area contributed by atoms with Gasteiger partial charge in [-0.3, -0.25) is 4.79 Å². The van der Waals surface area contributed by atoms with Crippen LogP contribution in [0.4, 0.5) is 0 Å². The second-order valence-electron chi connectivity index (χ2n) is 3.79. The van der Waals surface area contributed by atoms with E-state index >= 15 is 0 Å². The highest BCUT2D eigenvalue weighted by Gasteiger charge is 2.10. The Balaban J connectivity index is 2.38. The van der Waals surface area contributed by atoms with E-state index in [0.717, 1.165) is 9.13 Å². The van der Waals surface area contributed by atoms with Crippen molar-refractivity contribution in [1.29, 1.82) is 0 Å². The van der Waals surface area contributed by atoms with E-state index in [4.69, 9.17) is 5.11 Å². The fraction of sp³-hybridized carbons (Fsp3) is 0.0769. The minimum atomic E-state index is -1.20. The zero-order chi connectivity index (χ0) is 13.1. The molecule has 1 heterocycles. The van der Waals surface area contributed by atoms with E-state index in [2.05, 4.69) is 22.6 Å². The number of pyridine rings is 1. The average Bonchev–Trinajstić information content (AvgIpc) is 2.31. The molecule has 0 saturated heterocycles. The molecule has 0 radical (unpaired) electrons. The summed E-state index contributed by atoms with van der Waals surface area (Å²) < 4.78 is 2.47. The van der Waals surface area contributed by atoms with Crippen LogP contribution < -0.4 is 5.56 Å². The van der Waals surface area contributed by atoms with Gasteiger partial charge in [-0.15, -0.1) is 0 Å². The molecular formula is C13H10INO3. The van der Waals surface area contributed by atoms with Crippen molar-refractivity contribution in [2.24, 2.45) is 0 Å². The number of benzene rings is 1. The van der Waals surface area contributed by atoms with Gasteiger partial charge in [0.2, 0.25) is 0 Å². The molecule has 0 bridgehead atoms. The topological polar surface area (TPSA) is 59.3 Å². The van der Waals surface area contributed by atoms with Crippen molar-refractivity contribution in [3.8, 4) is 0 Å². The summed E-state index contributed by atoms with van der Waals surface area (Å²) in [6, 6.07) is 10.6. The Bertz CT molecular complexity index is 649. The van der Waals surface area contributed by atoms with Gasteiger partial charge in [0.05, 0.1) is 6.54 Å². The predicted molar refractivity (Wildman–Crippen MR) is 75.9 cm³/mol. The lowest BCUT2D eigenvalue weighted by Crippen LogP contribution is -2.25. The largest absolute Gasteiger partial charge is 0.477 e. The summed E-state index contributed by atoms with van der Waals surface area (Å²) >= 11 is 2.19. The summed E-state index contributed by atoms with van der Waals surface area (Å²) in [5, 5.41) is 8.89. The van der Waals surface area contributed by atoms with Gasteiger partial charge >= 0.3 is 5.97 Å². The highest BCUT2D eigenvalue weighted by molar-refractivity contribution is 14.1. The SMILES string of the molecule is O=C(O)c1cccn(Cc2cccc(I)c2)c1=O. The van der Waals surface area contributed by atoms with E-state index in [1.807, 2.05) is 24.3 Å². The van der Waals surface area contributed by atoms with E-state index in [-0.39, 0.29) is 5.56 Å². The van der Waals surface area contributed by atoms with Crippen molar-refractivity contribution in [3.05, 3.63) is 67.6 Å². The summed E-state index contributed by atoms with van der Waals surface area (Å²) in [4.78, 5) is 22.7. The van der Waals surface area contributed by atoms with Crippen LogP contribution in [-0.4, -0.2) is 15.6 Å². The van der Waals surface area contributed by atoms with Crippen molar-refractivity contribution >= 4 is 28.6 Å². The normalized spacial score (nSPS) is 10.3. The first-order valence-corrected chi connectivity index (χ1v) is 6.33. The van der Waals surface area contributed by atoms with Gasteiger partial charge in [0.1, 0.15) is 5.56 Å². The van der Waals surface area contributed by atoms with Crippen molar-refractivity contribution in [3.63, 3.8) is 0 Å². The maximum atomic E-state index is 11.9. The average molecular weight is 355 g/mol. The second kappa shape index (κ2) is 5.34. The highest BCUT2D eigenvalue weighted by atomic mass is 127. The molecule has 4 nitrogen and oxygen atoms in total. The fourth-order valence-corrected chi connectivity index (χ4v) is 2.26. The first-order valence-electron chi connectivity index (χ1n) is 5.25. The Morgan fingerprint density at radius 2 is 2.06 bits per heavy atom. The molecule has 0 aliphatic rings. The number of nitrogens with zero attached hydrogens (tertiary/aromatic N) is 1. The van der Waals surface area contributed by atoms with E-state index in [1.54, 1.807) is 12.3 Å². The maximum Gasteiger partial charge on any atom is 0.341 e. The van der Waals surface area contributed by atoms with E-state index in [1.165, 1.54) is 10.6 Å². The molecule has 0 aliphatic carbocycles. The molecule has 2 rings (SSSR count). The number of halogens is 1. The van der Waals surface area contributed by atoms with Gasteiger partial charge in [0.15, 0.2) is 0 Å². The van der Waals surface area contributed by atoms with Gasteiger partial charge in [0.25, 0.3) is 5.56 Å². The minimum Gasteiger partial charge on any atom is -0.477 e. The van der Waals surface area contributed by atoms with Crippen LogP contribution in [-0.2, 0) is 6.54 Å². The lowest BCUT2D eigenvalue weighted by molar-refractivity contribution is 0.0694. The maximum absolute atomic E-state index is 11.9. The molecular weight excluding hydrogens is 345 g/mol. The predicted octanol–water partition coefficient (Wildman–Crippen LogP) is 2.20. The smallest absolute Gasteiger partial charge is 0.341 e. The lowest BCUT2D eigenvalue weighted by Gasteiger charge is -2.06. The van der Waals surface area contributed by atoms with Crippen LogP contribution in [0.25, 0.3) is 0 Å². The molecule has 0 aliphatic heterocycles. The third-order valence-corrected chi connectivity index (χ3v) is 3.16. The number of hydrogen-bond acceptors (Lipinski definition) is 2. The van der Waals surface area contributed by atoms with Crippen molar-refractivity contribution in [1.82, 2.24) is 4.57 Å². The van der Waals surface area contributed by atoms with Crippen LogP contribution in [0, 0.1) is 3.57 Å². The minimum absolute atomic E-state index is 0.205. The second-order valence-corrected chi connectivity index (χ2v) is 5.04. The number of rotatable bonds is 3. The van der Waals surface area contributed by atoms with Gasteiger partial charge in [-0.25, -0.2) is 4.79 Å². The third-order valence-electron chi connectivity index (χ3n) is 2.49. The van der Waals surface area contributed by atoms with E-state index < -0.39 is 11.5 Å². The number of carbonyl (C=O) groups is 1. The molecule has 1 N–H and O–H groups in total. The Labute approximate surface area is 117 Å². The van der Waals surface area contributed by atoms with Gasteiger partial charge in [0, 0.05) is 9.77 Å². The molecule has 2 aromatic rings. The molecule has 5 heteroatoms. The Hall–Kier alpha value is -1.63. The van der Waals surface area contributed by atoms with Crippen LogP contribution >= 0.6 is 22.6 Å². The third kappa shape index (κ3) is 2.79. The number of carboxylic acid groups (broad SMARTS) is 1. The van der Waals surface area contributed by atoms with Gasteiger partial charge in [-0.2, -0.15) is 0 Å². The van der Waals surface area contributed by atoms with Gasteiger partial charge in [-0.1, -0.05) is 12.1 Å². The lowest BCUT2D eigenvalue weighted by atomic mass is 10.2. The molecule has 0 atom stereocenters.